The molecule has 0 rings (SSSR count). The maximum atomic E-state index is 8.93. The van der Waals surface area contributed by atoms with Crippen molar-refractivity contribution in [3.05, 3.63) is 13.8 Å². The Bertz CT molecular complexity index is 51.9. The number of aliphatic hydroxyl groups is 1. The van der Waals surface area contributed by atoms with Gasteiger partial charge in [-0.3, -0.25) is 0 Å². The third-order valence-electron chi connectivity index (χ3n) is 0.996. The average Bonchev–Trinajstić information content (AvgIpc) is 1.59. The molecule has 0 bridgehead atoms. The first-order chi connectivity index (χ1) is 3.56. The highest BCUT2D eigenvalue weighted by Crippen LogP contribution is 2.09. The van der Waals surface area contributed by atoms with Gasteiger partial charge in [0.2, 0.25) is 0 Å². The van der Waals surface area contributed by atoms with E-state index in [1.165, 1.54) is 0 Å². The summed E-state index contributed by atoms with van der Waals surface area (Å²) in [4.78, 5) is 0. The van der Waals surface area contributed by atoms with Gasteiger partial charge in [0.25, 0.3) is 0 Å². The van der Waals surface area contributed by atoms with Gasteiger partial charge in [-0.15, -0.1) is 0 Å². The summed E-state index contributed by atoms with van der Waals surface area (Å²) in [5, 5.41) is 8.93. The van der Waals surface area contributed by atoms with Gasteiger partial charge in [0.15, 0.2) is 0 Å². The van der Waals surface area contributed by atoms with Gasteiger partial charge in [-0.2, -0.15) is 0 Å². The second-order valence-electron chi connectivity index (χ2n) is 2.33. The first kappa shape index (κ1) is 7.96. The van der Waals surface area contributed by atoms with Crippen LogP contribution in [0, 0.1) is 13.8 Å². The summed E-state index contributed by atoms with van der Waals surface area (Å²) in [6, 6.07) is 0. The van der Waals surface area contributed by atoms with Crippen LogP contribution in [0.15, 0.2) is 0 Å². The van der Waals surface area contributed by atoms with Crippen molar-refractivity contribution in [2.45, 2.75) is 31.8 Å². The first-order valence-electron chi connectivity index (χ1n) is 2.99. The fraction of sp³-hybridized carbons (Fsp3) is 0.714. The smallest absolute Gasteiger partial charge is 0.0650 e. The number of rotatable bonds is 3. The largest absolute Gasteiger partial charge is 0.390 e. The molecule has 0 aromatic carbocycles. The van der Waals surface area contributed by atoms with E-state index in [2.05, 4.69) is 20.8 Å². The van der Waals surface area contributed by atoms with Crippen molar-refractivity contribution < 1.29 is 5.11 Å². The fourth-order valence-electron chi connectivity index (χ4n) is 0.506. The van der Waals surface area contributed by atoms with E-state index in [4.69, 9.17) is 5.11 Å². The Morgan fingerprint density at radius 2 is 2.00 bits per heavy atom. The van der Waals surface area contributed by atoms with Crippen molar-refractivity contribution in [3.8, 4) is 0 Å². The summed E-state index contributed by atoms with van der Waals surface area (Å²) < 4.78 is 0. The van der Waals surface area contributed by atoms with Crippen LogP contribution in [0.3, 0.4) is 0 Å². The molecular weight excluding hydrogens is 100 g/mol. The molecule has 0 atom stereocenters. The Hall–Kier alpha value is -0.0400. The van der Waals surface area contributed by atoms with Crippen LogP contribution in [-0.4, -0.2) is 10.7 Å². The quantitative estimate of drug-likeness (QED) is 0.590. The molecule has 0 saturated carbocycles. The molecule has 1 N–H and O–H groups in total. The molecule has 0 unspecified atom stereocenters. The maximum absolute atomic E-state index is 8.93. The van der Waals surface area contributed by atoms with Gasteiger partial charge in [-0.25, -0.2) is 0 Å². The highest BCUT2D eigenvalue weighted by Gasteiger charge is 2.10. The molecular formula is C7H14O. The molecule has 8 heavy (non-hydrogen) atoms. The second kappa shape index (κ2) is 3.08. The van der Waals surface area contributed by atoms with E-state index in [9.17, 15) is 0 Å². The zero-order valence-corrected chi connectivity index (χ0v) is 5.48. The van der Waals surface area contributed by atoms with E-state index < -0.39 is 5.60 Å². The van der Waals surface area contributed by atoms with Crippen LogP contribution in [0.5, 0.6) is 0 Å². The van der Waals surface area contributed by atoms with Gasteiger partial charge in [0.05, 0.1) is 5.60 Å². The average molecular weight is 114 g/mol. The molecule has 2 radical (unpaired) electrons. The lowest BCUT2D eigenvalue weighted by Crippen LogP contribution is -2.18. The molecule has 0 aliphatic rings. The predicted molar refractivity (Wildman–Crippen MR) is 35.2 cm³/mol. The summed E-state index contributed by atoms with van der Waals surface area (Å²) in [5.74, 6) is 0. The van der Waals surface area contributed by atoms with Crippen molar-refractivity contribution in [3.63, 3.8) is 0 Å². The number of unbranched alkanes of at least 4 members (excludes halogenated alkanes) is 1. The summed E-state index contributed by atoms with van der Waals surface area (Å²) in [7, 11) is 0. The van der Waals surface area contributed by atoms with E-state index in [0.717, 1.165) is 12.8 Å². The van der Waals surface area contributed by atoms with Gasteiger partial charge in [0, 0.05) is 0 Å². The van der Waals surface area contributed by atoms with Crippen LogP contribution in [0.4, 0.5) is 0 Å². The van der Waals surface area contributed by atoms with Crippen molar-refractivity contribution in [1.82, 2.24) is 0 Å². The molecule has 0 aromatic heterocycles. The van der Waals surface area contributed by atoms with E-state index in [1.54, 1.807) is 0 Å². The molecule has 0 aliphatic carbocycles. The van der Waals surface area contributed by atoms with Crippen LogP contribution in [0.25, 0.3) is 0 Å². The van der Waals surface area contributed by atoms with Crippen molar-refractivity contribution >= 4 is 0 Å². The Labute approximate surface area is 51.7 Å². The van der Waals surface area contributed by atoms with Gasteiger partial charge in [-0.05, 0) is 20.3 Å². The molecule has 0 heterocycles. The minimum Gasteiger partial charge on any atom is -0.390 e. The van der Waals surface area contributed by atoms with E-state index in [-0.39, 0.29) is 0 Å². The standard InChI is InChI=1S/C7H14O/c1-4-5-6-7(2,3)8/h8H,2-6H2,1H3. The van der Waals surface area contributed by atoms with E-state index >= 15 is 0 Å². The number of hydrogen-bond acceptors (Lipinski definition) is 1. The van der Waals surface area contributed by atoms with Crippen molar-refractivity contribution in [1.29, 1.82) is 0 Å². The topological polar surface area (TPSA) is 20.2 Å². The number of hydrogen-bond donors (Lipinski definition) is 1. The lowest BCUT2D eigenvalue weighted by atomic mass is 10.0. The van der Waals surface area contributed by atoms with Gasteiger partial charge >= 0.3 is 0 Å². The molecule has 0 amide bonds. The van der Waals surface area contributed by atoms with Gasteiger partial charge in [-0.1, -0.05) is 19.8 Å². The van der Waals surface area contributed by atoms with Crippen molar-refractivity contribution in [2.75, 3.05) is 0 Å². The zero-order chi connectivity index (χ0) is 6.62. The van der Waals surface area contributed by atoms with Gasteiger partial charge in [0.1, 0.15) is 0 Å². The maximum Gasteiger partial charge on any atom is 0.0650 e. The van der Waals surface area contributed by atoms with Gasteiger partial charge < -0.3 is 5.11 Å². The minimum absolute atomic E-state index is 0.698. The Morgan fingerprint density at radius 3 is 2.12 bits per heavy atom. The second-order valence-corrected chi connectivity index (χ2v) is 2.33. The Balaban J connectivity index is 3.11. The summed E-state index contributed by atoms with van der Waals surface area (Å²) in [6.45, 7) is 8.98. The van der Waals surface area contributed by atoms with Crippen LogP contribution in [0.1, 0.15) is 26.2 Å². The fourth-order valence-corrected chi connectivity index (χ4v) is 0.506. The lowest BCUT2D eigenvalue weighted by Gasteiger charge is -2.14. The molecule has 0 fully saturated rings. The first-order valence-corrected chi connectivity index (χ1v) is 2.99. The zero-order valence-electron chi connectivity index (χ0n) is 5.48. The molecule has 1 heteroatoms. The van der Waals surface area contributed by atoms with E-state index in [1.807, 2.05) is 0 Å². The van der Waals surface area contributed by atoms with Crippen LogP contribution in [0.2, 0.25) is 0 Å². The SMILES string of the molecule is [CH2]C([CH2])(O)CCCC. The molecule has 0 spiro atoms. The van der Waals surface area contributed by atoms with Crippen LogP contribution >= 0.6 is 0 Å². The highest BCUT2D eigenvalue weighted by atomic mass is 16.3. The predicted octanol–water partition coefficient (Wildman–Crippen LogP) is 1.58. The minimum atomic E-state index is -0.948. The monoisotopic (exact) mass is 114 g/mol. The summed E-state index contributed by atoms with van der Waals surface area (Å²) in [6.07, 6.45) is 2.79. The molecule has 1 nitrogen and oxygen atoms in total. The Kier molecular flexibility index (Phi) is 3.06. The highest BCUT2D eigenvalue weighted by molar-refractivity contribution is 4.82. The van der Waals surface area contributed by atoms with Crippen molar-refractivity contribution in [2.24, 2.45) is 0 Å². The molecule has 0 saturated heterocycles. The van der Waals surface area contributed by atoms with Crippen LogP contribution < -0.4 is 0 Å². The molecule has 48 valence electrons. The summed E-state index contributed by atoms with van der Waals surface area (Å²) >= 11 is 0. The third-order valence-corrected chi connectivity index (χ3v) is 0.996. The third kappa shape index (κ3) is 5.96. The van der Waals surface area contributed by atoms with Crippen LogP contribution in [-0.2, 0) is 0 Å². The molecule has 0 aliphatic heterocycles. The summed E-state index contributed by atoms with van der Waals surface area (Å²) in [5.41, 5.74) is -0.948. The molecule has 0 aromatic rings. The Morgan fingerprint density at radius 1 is 1.50 bits per heavy atom. The lowest BCUT2D eigenvalue weighted by molar-refractivity contribution is 0.124. The normalized spacial score (nSPS) is 12.0. The van der Waals surface area contributed by atoms with E-state index in [0.29, 0.717) is 6.42 Å².